The van der Waals surface area contributed by atoms with Crippen LogP contribution >= 0.6 is 0 Å². The summed E-state index contributed by atoms with van der Waals surface area (Å²) >= 11 is 0. The highest BCUT2D eigenvalue weighted by atomic mass is 16.5. The van der Waals surface area contributed by atoms with E-state index >= 15 is 0 Å². The number of rotatable bonds is 6. The second-order valence-electron chi connectivity index (χ2n) is 3.11. The van der Waals surface area contributed by atoms with Gasteiger partial charge >= 0.3 is 0 Å². The van der Waals surface area contributed by atoms with Gasteiger partial charge in [-0.1, -0.05) is 30.3 Å². The van der Waals surface area contributed by atoms with Gasteiger partial charge in [-0.15, -0.1) is 0 Å². The topological polar surface area (TPSA) is 38.3 Å². The lowest BCUT2D eigenvalue weighted by Crippen LogP contribution is -2.23. The number of carbonyl (C=O) groups excluding carboxylic acids is 1. The number of benzene rings is 1. The molecule has 76 valence electrons. The molecule has 3 nitrogen and oxygen atoms in total. The number of hydrogen-bond donors (Lipinski definition) is 1. The van der Waals surface area contributed by atoms with Crippen LogP contribution in [0, 0.1) is 0 Å². The first kappa shape index (κ1) is 10.9. The van der Waals surface area contributed by atoms with E-state index in [9.17, 15) is 4.79 Å². The van der Waals surface area contributed by atoms with Crippen LogP contribution in [0.25, 0.3) is 0 Å². The van der Waals surface area contributed by atoms with Gasteiger partial charge in [-0.05, 0) is 12.5 Å². The highest BCUT2D eigenvalue weighted by molar-refractivity contribution is 5.77. The van der Waals surface area contributed by atoms with Crippen LogP contribution in [0.3, 0.4) is 0 Å². The van der Waals surface area contributed by atoms with Gasteiger partial charge in [0.25, 0.3) is 0 Å². The molecule has 0 spiro atoms. The van der Waals surface area contributed by atoms with E-state index in [4.69, 9.17) is 4.74 Å². The van der Waals surface area contributed by atoms with Gasteiger partial charge in [0.2, 0.25) is 0 Å². The van der Waals surface area contributed by atoms with Crippen LogP contribution in [0.5, 0.6) is 0 Å². The lowest BCUT2D eigenvalue weighted by molar-refractivity contribution is -0.116. The van der Waals surface area contributed by atoms with E-state index in [-0.39, 0.29) is 5.78 Å². The van der Waals surface area contributed by atoms with Gasteiger partial charge in [0.05, 0.1) is 19.9 Å². The Balaban J connectivity index is 2.08. The van der Waals surface area contributed by atoms with Gasteiger partial charge in [-0.3, -0.25) is 10.1 Å². The molecule has 1 rings (SSSR count). The SMILES string of the molecule is CC(=O)CNCOCc1ccccc1. The third-order valence-corrected chi connectivity index (χ3v) is 1.69. The molecule has 0 aromatic heterocycles. The smallest absolute Gasteiger partial charge is 0.143 e. The van der Waals surface area contributed by atoms with Crippen LogP contribution in [0.15, 0.2) is 30.3 Å². The maximum atomic E-state index is 10.6. The Hall–Kier alpha value is -1.19. The summed E-state index contributed by atoms with van der Waals surface area (Å²) in [7, 11) is 0. The molecule has 0 fully saturated rings. The van der Waals surface area contributed by atoms with E-state index in [1.54, 1.807) is 6.92 Å². The Bertz CT molecular complexity index is 272. The molecule has 0 heterocycles. The van der Waals surface area contributed by atoms with E-state index < -0.39 is 0 Å². The van der Waals surface area contributed by atoms with Crippen LogP contribution in [-0.4, -0.2) is 19.1 Å². The van der Waals surface area contributed by atoms with Crippen LogP contribution in [0.2, 0.25) is 0 Å². The lowest BCUT2D eigenvalue weighted by Gasteiger charge is -2.04. The maximum Gasteiger partial charge on any atom is 0.143 e. The standard InChI is InChI=1S/C11H15NO2/c1-10(13)7-12-9-14-8-11-5-3-2-4-6-11/h2-6,12H,7-9H2,1H3. The first-order chi connectivity index (χ1) is 6.79. The molecule has 14 heavy (non-hydrogen) atoms. The molecule has 0 aliphatic rings. The number of hydrogen-bond acceptors (Lipinski definition) is 3. The van der Waals surface area contributed by atoms with Crippen molar-refractivity contribution >= 4 is 5.78 Å². The summed E-state index contributed by atoms with van der Waals surface area (Å²) < 4.78 is 5.31. The van der Waals surface area contributed by atoms with Crippen molar-refractivity contribution in [1.29, 1.82) is 0 Å². The summed E-state index contributed by atoms with van der Waals surface area (Å²) in [5.74, 6) is 0.119. The summed E-state index contributed by atoms with van der Waals surface area (Å²) in [5, 5.41) is 2.88. The predicted molar refractivity (Wildman–Crippen MR) is 54.8 cm³/mol. The van der Waals surface area contributed by atoms with E-state index in [0.29, 0.717) is 19.9 Å². The molecule has 0 unspecified atom stereocenters. The Morgan fingerprint density at radius 1 is 1.36 bits per heavy atom. The Kier molecular flexibility index (Phi) is 4.89. The second-order valence-corrected chi connectivity index (χ2v) is 3.11. The Labute approximate surface area is 84.1 Å². The van der Waals surface area contributed by atoms with E-state index in [1.807, 2.05) is 30.3 Å². The van der Waals surface area contributed by atoms with Gasteiger partial charge in [-0.25, -0.2) is 0 Å². The number of ketones is 1. The molecule has 1 aromatic rings. The molecular formula is C11H15NO2. The molecule has 0 saturated carbocycles. The number of carbonyl (C=O) groups is 1. The van der Waals surface area contributed by atoms with Crippen LogP contribution < -0.4 is 5.32 Å². The zero-order valence-corrected chi connectivity index (χ0v) is 8.32. The predicted octanol–water partition coefficient (Wildman–Crippen LogP) is 1.34. The molecule has 0 aliphatic carbocycles. The quantitative estimate of drug-likeness (QED) is 0.547. The molecule has 3 heteroatoms. The maximum absolute atomic E-state index is 10.6. The summed E-state index contributed by atoms with van der Waals surface area (Å²) in [5.41, 5.74) is 1.14. The molecule has 0 atom stereocenters. The fourth-order valence-electron chi connectivity index (χ4n) is 1.04. The summed E-state index contributed by atoms with van der Waals surface area (Å²) in [6.45, 7) is 2.90. The van der Waals surface area contributed by atoms with Gasteiger partial charge in [0, 0.05) is 0 Å². The molecule has 0 radical (unpaired) electrons. The van der Waals surface area contributed by atoms with E-state index in [2.05, 4.69) is 5.32 Å². The number of nitrogens with one attached hydrogen (secondary N) is 1. The first-order valence-electron chi connectivity index (χ1n) is 4.61. The third kappa shape index (κ3) is 4.74. The minimum Gasteiger partial charge on any atom is -0.362 e. The highest BCUT2D eigenvalue weighted by Gasteiger charge is 1.92. The monoisotopic (exact) mass is 193 g/mol. The van der Waals surface area contributed by atoms with Crippen molar-refractivity contribution < 1.29 is 9.53 Å². The van der Waals surface area contributed by atoms with Gasteiger partial charge in [0.1, 0.15) is 5.78 Å². The Morgan fingerprint density at radius 3 is 2.71 bits per heavy atom. The molecule has 1 aromatic carbocycles. The average Bonchev–Trinajstić information content (AvgIpc) is 2.18. The fraction of sp³-hybridized carbons (Fsp3) is 0.364. The highest BCUT2D eigenvalue weighted by Crippen LogP contribution is 1.99. The minimum atomic E-state index is 0.119. The Morgan fingerprint density at radius 2 is 2.07 bits per heavy atom. The minimum absolute atomic E-state index is 0.119. The normalized spacial score (nSPS) is 10.1. The van der Waals surface area contributed by atoms with Gasteiger partial charge < -0.3 is 4.74 Å². The first-order valence-corrected chi connectivity index (χ1v) is 4.61. The lowest BCUT2D eigenvalue weighted by atomic mass is 10.2. The zero-order valence-electron chi connectivity index (χ0n) is 8.32. The third-order valence-electron chi connectivity index (χ3n) is 1.69. The van der Waals surface area contributed by atoms with Crippen molar-refractivity contribution in [3.05, 3.63) is 35.9 Å². The number of ether oxygens (including phenoxy) is 1. The average molecular weight is 193 g/mol. The van der Waals surface area contributed by atoms with Crippen molar-refractivity contribution in [3.8, 4) is 0 Å². The molecular weight excluding hydrogens is 178 g/mol. The van der Waals surface area contributed by atoms with Crippen LogP contribution in [0.4, 0.5) is 0 Å². The van der Waals surface area contributed by atoms with Gasteiger partial charge in [-0.2, -0.15) is 0 Å². The van der Waals surface area contributed by atoms with Crippen molar-refractivity contribution in [1.82, 2.24) is 5.32 Å². The second kappa shape index (κ2) is 6.29. The van der Waals surface area contributed by atoms with Gasteiger partial charge in [0.15, 0.2) is 0 Å². The van der Waals surface area contributed by atoms with Crippen molar-refractivity contribution in [2.75, 3.05) is 13.3 Å². The number of Topliss-reactive ketones (excluding diaryl/α,β-unsaturated/α-hetero) is 1. The van der Waals surface area contributed by atoms with Crippen LogP contribution in [0.1, 0.15) is 12.5 Å². The zero-order chi connectivity index (χ0) is 10.2. The van der Waals surface area contributed by atoms with E-state index in [1.165, 1.54) is 0 Å². The fourth-order valence-corrected chi connectivity index (χ4v) is 1.04. The molecule has 0 aliphatic heterocycles. The van der Waals surface area contributed by atoms with Crippen molar-refractivity contribution in [2.24, 2.45) is 0 Å². The molecule has 0 saturated heterocycles. The van der Waals surface area contributed by atoms with E-state index in [0.717, 1.165) is 5.56 Å². The summed E-state index contributed by atoms with van der Waals surface area (Å²) in [6.07, 6.45) is 0. The molecule has 0 amide bonds. The molecule has 1 N–H and O–H groups in total. The summed E-state index contributed by atoms with van der Waals surface area (Å²) in [4.78, 5) is 10.6. The van der Waals surface area contributed by atoms with Crippen molar-refractivity contribution in [2.45, 2.75) is 13.5 Å². The van der Waals surface area contributed by atoms with Crippen LogP contribution in [-0.2, 0) is 16.1 Å². The summed E-state index contributed by atoms with van der Waals surface area (Å²) in [6, 6.07) is 9.93. The van der Waals surface area contributed by atoms with Crippen molar-refractivity contribution in [3.63, 3.8) is 0 Å². The largest absolute Gasteiger partial charge is 0.362 e. The molecule has 0 bridgehead atoms.